The summed E-state index contributed by atoms with van der Waals surface area (Å²) in [6.45, 7) is 4.84. The molecule has 208 valence electrons. The van der Waals surface area contributed by atoms with Crippen molar-refractivity contribution in [3.8, 4) is 0 Å². The number of nitrogens with one attached hydrogen (secondary N) is 2. The molecule has 2 N–H and O–H groups in total. The molecule has 9 nitrogen and oxygen atoms in total. The highest BCUT2D eigenvalue weighted by Crippen LogP contribution is 2.38. The second-order valence-corrected chi connectivity index (χ2v) is 11.1. The predicted octanol–water partition coefficient (Wildman–Crippen LogP) is 5.00. The van der Waals surface area contributed by atoms with E-state index in [0.29, 0.717) is 28.1 Å². The summed E-state index contributed by atoms with van der Waals surface area (Å²) in [6.07, 6.45) is 5.60. The van der Waals surface area contributed by atoms with Crippen LogP contribution in [0.2, 0.25) is 0 Å². The molecule has 12 heteroatoms. The summed E-state index contributed by atoms with van der Waals surface area (Å²) < 4.78 is 20.6. The highest BCUT2D eigenvalue weighted by Gasteiger charge is 2.27. The molecule has 0 saturated carbocycles. The van der Waals surface area contributed by atoms with Gasteiger partial charge in [-0.1, -0.05) is 31.2 Å². The zero-order chi connectivity index (χ0) is 27.8. The van der Waals surface area contributed by atoms with E-state index in [0.717, 1.165) is 49.0 Å². The molecule has 39 heavy (non-hydrogen) atoms. The van der Waals surface area contributed by atoms with Gasteiger partial charge in [0.2, 0.25) is 5.91 Å². The van der Waals surface area contributed by atoms with Gasteiger partial charge in [-0.2, -0.15) is 0 Å². The molecule has 0 atom stereocenters. The first kappa shape index (κ1) is 28.8. The maximum absolute atomic E-state index is 13.5. The second kappa shape index (κ2) is 13.7. The number of nitrogens with zero attached hydrogens (tertiary/aromatic N) is 3. The maximum Gasteiger partial charge on any atom is 0.341 e. The van der Waals surface area contributed by atoms with Gasteiger partial charge >= 0.3 is 5.97 Å². The normalized spacial score (nSPS) is 12.6. The number of hydrogen-bond acceptors (Lipinski definition) is 8. The minimum atomic E-state index is -0.484. The fourth-order valence-electron chi connectivity index (χ4n) is 4.35. The number of unbranched alkanes of at least 4 members (excludes halogenated alkanes) is 1. The molecule has 2 amide bonds. The lowest BCUT2D eigenvalue weighted by molar-refractivity contribution is -0.113. The van der Waals surface area contributed by atoms with Gasteiger partial charge in [-0.25, -0.2) is 9.18 Å². The average Bonchev–Trinajstić information content (AvgIpc) is 3.49. The number of fused-ring (bicyclic) bond motifs is 1. The van der Waals surface area contributed by atoms with Crippen molar-refractivity contribution >= 4 is 45.9 Å². The molecule has 0 bridgehead atoms. The van der Waals surface area contributed by atoms with Crippen molar-refractivity contribution in [2.45, 2.75) is 70.6 Å². The molecule has 2 heterocycles. The minimum absolute atomic E-state index is 0.0741. The number of aryl methyl sites for hydroxylation is 1. The van der Waals surface area contributed by atoms with Crippen LogP contribution < -0.4 is 10.6 Å². The van der Waals surface area contributed by atoms with E-state index < -0.39 is 17.7 Å². The first-order valence-electron chi connectivity index (χ1n) is 13.1. The van der Waals surface area contributed by atoms with Crippen LogP contribution in [0.4, 0.5) is 9.39 Å². The number of hydrogen-bond donors (Lipinski definition) is 2. The van der Waals surface area contributed by atoms with Crippen LogP contribution in [-0.4, -0.2) is 44.9 Å². The summed E-state index contributed by atoms with van der Waals surface area (Å²) in [7, 11) is 0. The monoisotopic (exact) mass is 573 g/mol. The SMILES string of the molecule is CCCCn1c(CNC(=O)c2cccc(F)c2)nnc1SCC(=O)Nc1sc2c(c1C(=O)OCC)CCCC2. The van der Waals surface area contributed by atoms with Crippen molar-refractivity contribution in [2.24, 2.45) is 0 Å². The number of aromatic nitrogens is 3. The Morgan fingerprint density at radius 3 is 2.77 bits per heavy atom. The van der Waals surface area contributed by atoms with Gasteiger partial charge < -0.3 is 19.9 Å². The van der Waals surface area contributed by atoms with Gasteiger partial charge in [0.25, 0.3) is 5.91 Å². The Morgan fingerprint density at radius 2 is 2.00 bits per heavy atom. The molecule has 1 aliphatic rings. The van der Waals surface area contributed by atoms with Gasteiger partial charge in [0.05, 0.1) is 24.5 Å². The van der Waals surface area contributed by atoms with E-state index in [-0.39, 0.29) is 30.4 Å². The summed E-state index contributed by atoms with van der Waals surface area (Å²) in [6, 6.07) is 5.48. The highest BCUT2D eigenvalue weighted by atomic mass is 32.2. The highest BCUT2D eigenvalue weighted by molar-refractivity contribution is 7.99. The molecular weight excluding hydrogens is 541 g/mol. The number of halogens is 1. The van der Waals surface area contributed by atoms with Crippen molar-refractivity contribution in [3.05, 3.63) is 57.5 Å². The van der Waals surface area contributed by atoms with E-state index in [9.17, 15) is 18.8 Å². The Labute approximate surface area is 234 Å². The summed E-state index contributed by atoms with van der Waals surface area (Å²) in [4.78, 5) is 39.2. The molecule has 1 aliphatic carbocycles. The van der Waals surface area contributed by atoms with Crippen LogP contribution in [0.5, 0.6) is 0 Å². The van der Waals surface area contributed by atoms with Gasteiger partial charge in [-0.05, 0) is 62.8 Å². The summed E-state index contributed by atoms with van der Waals surface area (Å²) >= 11 is 2.70. The Balaban J connectivity index is 1.42. The zero-order valence-electron chi connectivity index (χ0n) is 22.0. The predicted molar refractivity (Wildman–Crippen MR) is 149 cm³/mol. The van der Waals surface area contributed by atoms with E-state index in [1.807, 2.05) is 4.57 Å². The third-order valence-electron chi connectivity index (χ3n) is 6.26. The van der Waals surface area contributed by atoms with Gasteiger partial charge in [0, 0.05) is 17.0 Å². The van der Waals surface area contributed by atoms with Crippen LogP contribution in [0.15, 0.2) is 29.4 Å². The lowest BCUT2D eigenvalue weighted by Crippen LogP contribution is -2.25. The molecule has 0 fully saturated rings. The molecule has 3 aromatic rings. The van der Waals surface area contributed by atoms with E-state index in [1.165, 1.54) is 47.4 Å². The molecule has 2 aromatic heterocycles. The molecule has 0 saturated heterocycles. The van der Waals surface area contributed by atoms with Gasteiger partial charge in [0.15, 0.2) is 11.0 Å². The first-order valence-corrected chi connectivity index (χ1v) is 14.9. The quantitative estimate of drug-likeness (QED) is 0.232. The second-order valence-electron chi connectivity index (χ2n) is 9.07. The summed E-state index contributed by atoms with van der Waals surface area (Å²) in [5.41, 5.74) is 1.70. The topological polar surface area (TPSA) is 115 Å². The number of carbonyl (C=O) groups excluding carboxylic acids is 3. The Morgan fingerprint density at radius 1 is 1.18 bits per heavy atom. The standard InChI is InChI=1S/C27H32FN5O4S2/c1-3-5-13-33-21(15-29-24(35)17-9-8-10-18(28)14-17)31-32-27(33)38-16-22(34)30-25-23(26(36)37-4-2)19-11-6-7-12-20(19)39-25/h8-10,14H,3-7,11-13,15-16H2,1-2H3,(H,29,35)(H,30,34). The maximum atomic E-state index is 13.5. The molecular formula is C27H32FN5O4S2. The molecule has 0 aliphatic heterocycles. The van der Waals surface area contributed by atoms with Gasteiger partial charge in [-0.3, -0.25) is 9.59 Å². The number of ether oxygens (including phenoxy) is 1. The van der Waals surface area contributed by atoms with Crippen LogP contribution in [0.3, 0.4) is 0 Å². The number of benzene rings is 1. The van der Waals surface area contributed by atoms with E-state index >= 15 is 0 Å². The van der Waals surface area contributed by atoms with Crippen molar-refractivity contribution in [3.63, 3.8) is 0 Å². The number of rotatable bonds is 12. The smallest absolute Gasteiger partial charge is 0.341 e. The summed E-state index contributed by atoms with van der Waals surface area (Å²) in [5.74, 6) is -0.928. The number of thioether (sulfide) groups is 1. The Hall–Kier alpha value is -3.25. The van der Waals surface area contributed by atoms with Crippen molar-refractivity contribution in [1.82, 2.24) is 20.1 Å². The third-order valence-corrected chi connectivity index (χ3v) is 8.43. The molecule has 0 spiro atoms. The van der Waals surface area contributed by atoms with E-state index in [4.69, 9.17) is 4.74 Å². The van der Waals surface area contributed by atoms with Crippen LogP contribution >= 0.6 is 23.1 Å². The van der Waals surface area contributed by atoms with E-state index in [2.05, 4.69) is 27.8 Å². The van der Waals surface area contributed by atoms with Crippen LogP contribution in [0.25, 0.3) is 0 Å². The third kappa shape index (κ3) is 7.24. The fraction of sp³-hybridized carbons (Fsp3) is 0.444. The van der Waals surface area contributed by atoms with Gasteiger partial charge in [-0.15, -0.1) is 21.5 Å². The van der Waals surface area contributed by atoms with Crippen molar-refractivity contribution in [2.75, 3.05) is 17.7 Å². The van der Waals surface area contributed by atoms with Crippen LogP contribution in [0, 0.1) is 5.82 Å². The zero-order valence-corrected chi connectivity index (χ0v) is 23.7. The first-order chi connectivity index (χ1) is 18.9. The number of amides is 2. The lowest BCUT2D eigenvalue weighted by Gasteiger charge is -2.12. The van der Waals surface area contributed by atoms with Gasteiger partial charge in [0.1, 0.15) is 10.8 Å². The average molecular weight is 574 g/mol. The van der Waals surface area contributed by atoms with Crippen LogP contribution in [-0.2, 0) is 35.5 Å². The number of esters is 1. The minimum Gasteiger partial charge on any atom is -0.462 e. The fourth-order valence-corrected chi connectivity index (χ4v) is 6.43. The molecule has 4 rings (SSSR count). The number of anilines is 1. The largest absolute Gasteiger partial charge is 0.462 e. The van der Waals surface area contributed by atoms with Crippen molar-refractivity contribution in [1.29, 1.82) is 0 Å². The Kier molecular flexibility index (Phi) is 10.1. The Bertz CT molecular complexity index is 1340. The molecule has 0 unspecified atom stereocenters. The number of carbonyl (C=O) groups is 3. The summed E-state index contributed by atoms with van der Waals surface area (Å²) in [5, 5.41) is 15.3. The lowest BCUT2D eigenvalue weighted by atomic mass is 9.95. The molecule has 0 radical (unpaired) electrons. The molecule has 1 aromatic carbocycles. The van der Waals surface area contributed by atoms with E-state index in [1.54, 1.807) is 6.92 Å². The number of thiophene rings is 1. The van der Waals surface area contributed by atoms with Crippen molar-refractivity contribution < 1.29 is 23.5 Å². The van der Waals surface area contributed by atoms with Crippen LogP contribution in [0.1, 0.15) is 76.5 Å².